The molecule has 0 atom stereocenters. The summed E-state index contributed by atoms with van der Waals surface area (Å²) < 4.78 is 0. The molecule has 0 saturated heterocycles. The van der Waals surface area contributed by atoms with Crippen molar-refractivity contribution in [2.24, 2.45) is 4.99 Å². The summed E-state index contributed by atoms with van der Waals surface area (Å²) in [5.41, 5.74) is 2.49. The van der Waals surface area contributed by atoms with E-state index in [1.807, 2.05) is 42.5 Å². The molecule has 0 aliphatic carbocycles. The molecule has 76 valence electrons. The number of hydrogen-bond donors (Lipinski definition) is 0. The fourth-order valence-corrected chi connectivity index (χ4v) is 1.27. The first-order valence-corrected chi connectivity index (χ1v) is 4.90. The van der Waals surface area contributed by atoms with Crippen molar-refractivity contribution in [3.63, 3.8) is 0 Å². The molecule has 0 fully saturated rings. The third kappa shape index (κ3) is 2.55. The number of aliphatic imine (C=N–C) groups is 1. The number of pyridine rings is 1. The van der Waals surface area contributed by atoms with E-state index in [-0.39, 0.29) is 0 Å². The molecule has 1 heterocycles. The van der Waals surface area contributed by atoms with Crippen LogP contribution in [-0.2, 0) is 0 Å². The summed E-state index contributed by atoms with van der Waals surface area (Å²) in [7, 11) is 0. The lowest BCUT2D eigenvalue weighted by Crippen LogP contribution is -1.83. The Balaban J connectivity index is 2.21. The lowest BCUT2D eigenvalue weighted by atomic mass is 10.2. The summed E-state index contributed by atoms with van der Waals surface area (Å²) in [5.74, 6) is 2.58. The number of rotatable bonds is 2. The van der Waals surface area contributed by atoms with E-state index in [0.29, 0.717) is 0 Å². The summed E-state index contributed by atoms with van der Waals surface area (Å²) in [6, 6.07) is 13.2. The van der Waals surface area contributed by atoms with Gasteiger partial charge in [0.2, 0.25) is 0 Å². The summed E-state index contributed by atoms with van der Waals surface area (Å²) in [6.45, 7) is 0. The van der Waals surface area contributed by atoms with E-state index in [2.05, 4.69) is 15.9 Å². The number of nitrogens with zero attached hydrogens (tertiary/aromatic N) is 2. The zero-order valence-electron chi connectivity index (χ0n) is 8.67. The highest BCUT2D eigenvalue weighted by molar-refractivity contribution is 5.79. The number of benzene rings is 1. The smallest absolute Gasteiger partial charge is 0.0812 e. The molecule has 2 rings (SSSR count). The first-order chi connectivity index (χ1) is 7.88. The van der Waals surface area contributed by atoms with E-state index in [9.17, 15) is 0 Å². The van der Waals surface area contributed by atoms with E-state index in [4.69, 9.17) is 6.42 Å². The molecule has 2 nitrogen and oxygen atoms in total. The van der Waals surface area contributed by atoms with Gasteiger partial charge in [0.05, 0.1) is 17.6 Å². The summed E-state index contributed by atoms with van der Waals surface area (Å²) >= 11 is 0. The number of aromatic nitrogens is 1. The van der Waals surface area contributed by atoms with Crippen LogP contribution in [0.3, 0.4) is 0 Å². The van der Waals surface area contributed by atoms with E-state index in [0.717, 1.165) is 16.9 Å². The summed E-state index contributed by atoms with van der Waals surface area (Å²) in [4.78, 5) is 8.45. The van der Waals surface area contributed by atoms with Gasteiger partial charge in [-0.15, -0.1) is 6.42 Å². The minimum absolute atomic E-state index is 0.827. The molecule has 0 aliphatic heterocycles. The van der Waals surface area contributed by atoms with Crippen molar-refractivity contribution >= 4 is 11.9 Å². The Labute approximate surface area is 94.7 Å². The topological polar surface area (TPSA) is 25.2 Å². The normalized spacial score (nSPS) is 10.2. The van der Waals surface area contributed by atoms with Crippen LogP contribution in [0, 0.1) is 12.3 Å². The van der Waals surface area contributed by atoms with Gasteiger partial charge in [0.25, 0.3) is 0 Å². The van der Waals surface area contributed by atoms with Crippen LogP contribution in [0.25, 0.3) is 0 Å². The molecule has 0 saturated carbocycles. The molecule has 0 radical (unpaired) electrons. The van der Waals surface area contributed by atoms with Gasteiger partial charge >= 0.3 is 0 Å². The average molecular weight is 206 g/mol. The molecule has 16 heavy (non-hydrogen) atoms. The van der Waals surface area contributed by atoms with Crippen LogP contribution in [0.5, 0.6) is 0 Å². The quantitative estimate of drug-likeness (QED) is 0.548. The minimum atomic E-state index is 0.827. The summed E-state index contributed by atoms with van der Waals surface area (Å²) in [5, 5.41) is 0. The van der Waals surface area contributed by atoms with Crippen LogP contribution in [-0.4, -0.2) is 11.2 Å². The molecule has 2 aromatic rings. The van der Waals surface area contributed by atoms with E-state index in [1.54, 1.807) is 12.4 Å². The van der Waals surface area contributed by atoms with Crippen molar-refractivity contribution in [2.45, 2.75) is 0 Å². The molecule has 0 unspecified atom stereocenters. The maximum atomic E-state index is 5.31. The lowest BCUT2D eigenvalue weighted by Gasteiger charge is -1.94. The van der Waals surface area contributed by atoms with Crippen molar-refractivity contribution in [3.05, 3.63) is 59.9 Å². The van der Waals surface area contributed by atoms with Crippen LogP contribution in [0.2, 0.25) is 0 Å². The highest BCUT2D eigenvalue weighted by Crippen LogP contribution is 2.13. The van der Waals surface area contributed by atoms with Gasteiger partial charge in [0.15, 0.2) is 0 Å². The van der Waals surface area contributed by atoms with E-state index in [1.165, 1.54) is 0 Å². The van der Waals surface area contributed by atoms with E-state index >= 15 is 0 Å². The number of terminal acetylenes is 1. The molecule has 0 amide bonds. The van der Waals surface area contributed by atoms with Gasteiger partial charge in [-0.25, -0.2) is 0 Å². The SMILES string of the molecule is C#Cc1cccc(N=Cc2ccccn2)c1. The average Bonchev–Trinajstić information content (AvgIpc) is 2.38. The van der Waals surface area contributed by atoms with Gasteiger partial charge in [-0.3, -0.25) is 9.98 Å². The van der Waals surface area contributed by atoms with Gasteiger partial charge in [0, 0.05) is 11.8 Å². The molecule has 0 spiro atoms. The molecule has 0 aliphatic rings. The zero-order valence-corrected chi connectivity index (χ0v) is 8.67. The third-order valence-corrected chi connectivity index (χ3v) is 2.05. The van der Waals surface area contributed by atoms with Gasteiger partial charge < -0.3 is 0 Å². The highest BCUT2D eigenvalue weighted by Gasteiger charge is 1.90. The van der Waals surface area contributed by atoms with Crippen LogP contribution < -0.4 is 0 Å². The van der Waals surface area contributed by atoms with Crippen LogP contribution >= 0.6 is 0 Å². The molecular weight excluding hydrogens is 196 g/mol. The standard InChI is InChI=1S/C14H10N2/c1-2-12-6-5-8-13(10-12)16-11-14-7-3-4-9-15-14/h1,3-11H. The third-order valence-electron chi connectivity index (χ3n) is 2.05. The lowest BCUT2D eigenvalue weighted by molar-refractivity contribution is 1.30. The van der Waals surface area contributed by atoms with E-state index < -0.39 is 0 Å². The number of hydrogen-bond acceptors (Lipinski definition) is 2. The Kier molecular flexibility index (Phi) is 3.10. The highest BCUT2D eigenvalue weighted by atomic mass is 14.8. The Morgan fingerprint density at radius 1 is 1.19 bits per heavy atom. The second-order valence-electron chi connectivity index (χ2n) is 3.21. The van der Waals surface area contributed by atoms with Gasteiger partial charge in [0.1, 0.15) is 0 Å². The van der Waals surface area contributed by atoms with Crippen molar-refractivity contribution in [3.8, 4) is 12.3 Å². The second-order valence-corrected chi connectivity index (χ2v) is 3.21. The first-order valence-electron chi connectivity index (χ1n) is 4.90. The summed E-state index contributed by atoms with van der Waals surface area (Å²) in [6.07, 6.45) is 8.76. The van der Waals surface area contributed by atoms with Gasteiger partial charge in [-0.05, 0) is 30.3 Å². The van der Waals surface area contributed by atoms with Gasteiger partial charge in [-0.2, -0.15) is 0 Å². The molecule has 0 bridgehead atoms. The predicted octanol–water partition coefficient (Wildman–Crippen LogP) is 2.81. The Morgan fingerprint density at radius 2 is 2.12 bits per heavy atom. The second kappa shape index (κ2) is 4.90. The van der Waals surface area contributed by atoms with Crippen molar-refractivity contribution in [1.82, 2.24) is 4.98 Å². The molecule has 2 heteroatoms. The van der Waals surface area contributed by atoms with Crippen molar-refractivity contribution < 1.29 is 0 Å². The Bertz CT molecular complexity index is 536. The molecule has 0 N–H and O–H groups in total. The maximum Gasteiger partial charge on any atom is 0.0812 e. The van der Waals surface area contributed by atoms with Crippen LogP contribution in [0.1, 0.15) is 11.3 Å². The van der Waals surface area contributed by atoms with Crippen LogP contribution in [0.15, 0.2) is 53.7 Å². The molecule has 1 aromatic heterocycles. The predicted molar refractivity (Wildman–Crippen MR) is 65.9 cm³/mol. The monoisotopic (exact) mass is 206 g/mol. The fourth-order valence-electron chi connectivity index (χ4n) is 1.27. The first kappa shape index (κ1) is 10.1. The van der Waals surface area contributed by atoms with Gasteiger partial charge in [-0.1, -0.05) is 18.1 Å². The fraction of sp³-hybridized carbons (Fsp3) is 0. The van der Waals surface area contributed by atoms with Crippen LogP contribution in [0.4, 0.5) is 5.69 Å². The van der Waals surface area contributed by atoms with Crippen molar-refractivity contribution in [1.29, 1.82) is 0 Å². The zero-order chi connectivity index (χ0) is 11.2. The molecule has 1 aromatic carbocycles. The maximum absolute atomic E-state index is 5.31. The Hall–Kier alpha value is -2.40. The molecular formula is C14H10N2. The largest absolute Gasteiger partial charge is 0.255 e. The van der Waals surface area contributed by atoms with Crippen molar-refractivity contribution in [2.75, 3.05) is 0 Å². The Morgan fingerprint density at radius 3 is 2.88 bits per heavy atom. The minimum Gasteiger partial charge on any atom is -0.255 e.